The summed E-state index contributed by atoms with van der Waals surface area (Å²) in [5.41, 5.74) is 1.91. The van der Waals surface area contributed by atoms with E-state index in [1.807, 2.05) is 18.2 Å². The summed E-state index contributed by atoms with van der Waals surface area (Å²) in [6.07, 6.45) is 1.78. The molecule has 3 aromatic carbocycles. The minimum absolute atomic E-state index is 0.129. The highest BCUT2D eigenvalue weighted by Gasteiger charge is 2.64. The third kappa shape index (κ3) is 3.95. The van der Waals surface area contributed by atoms with E-state index in [9.17, 15) is 23.6 Å². The second-order valence-electron chi connectivity index (χ2n) is 10.0. The molecule has 2 aliphatic carbocycles. The van der Waals surface area contributed by atoms with Crippen LogP contribution in [0.3, 0.4) is 0 Å². The van der Waals surface area contributed by atoms with Gasteiger partial charge in [0, 0.05) is 5.56 Å². The zero-order chi connectivity index (χ0) is 25.7. The second kappa shape index (κ2) is 9.07. The first-order chi connectivity index (χ1) is 17.9. The number of Topliss-reactive ketones (excluding diaryl/α,β-unsaturated/α-hetero) is 1. The molecule has 2 amide bonds. The Bertz CT molecular complexity index is 1400. The van der Waals surface area contributed by atoms with Crippen LogP contribution in [0.25, 0.3) is 0 Å². The largest absolute Gasteiger partial charge is 0.454 e. The van der Waals surface area contributed by atoms with Crippen LogP contribution in [-0.2, 0) is 14.3 Å². The van der Waals surface area contributed by atoms with Gasteiger partial charge >= 0.3 is 5.97 Å². The van der Waals surface area contributed by atoms with Crippen LogP contribution in [0.15, 0.2) is 78.9 Å². The maximum atomic E-state index is 13.6. The lowest BCUT2D eigenvalue weighted by molar-refractivity contribution is -0.123. The molecule has 3 aromatic rings. The smallest absolute Gasteiger partial charge is 0.338 e. The van der Waals surface area contributed by atoms with Gasteiger partial charge in [0.15, 0.2) is 12.4 Å². The Morgan fingerprint density at radius 1 is 0.838 bits per heavy atom. The highest BCUT2D eigenvalue weighted by atomic mass is 19.1. The number of benzene rings is 3. The molecule has 6 rings (SSSR count). The number of esters is 1. The average Bonchev–Trinajstić information content (AvgIpc) is 3.59. The Hall–Kier alpha value is -4.13. The molecular formula is C30H24FNO5. The van der Waals surface area contributed by atoms with Crippen LogP contribution >= 0.6 is 0 Å². The molecule has 0 aromatic heterocycles. The second-order valence-corrected chi connectivity index (χ2v) is 10.0. The molecule has 1 heterocycles. The minimum Gasteiger partial charge on any atom is -0.454 e. The first-order valence-corrected chi connectivity index (χ1v) is 12.4. The number of carbonyl (C=O) groups is 4. The maximum Gasteiger partial charge on any atom is 0.338 e. The lowest BCUT2D eigenvalue weighted by atomic mass is 9.73. The first-order valence-electron chi connectivity index (χ1n) is 12.4. The molecule has 186 valence electrons. The molecule has 0 spiro atoms. The van der Waals surface area contributed by atoms with E-state index in [1.165, 1.54) is 34.7 Å². The first kappa shape index (κ1) is 23.3. The van der Waals surface area contributed by atoms with Crippen LogP contribution < -0.4 is 4.90 Å². The van der Waals surface area contributed by atoms with Crippen molar-refractivity contribution in [3.8, 4) is 0 Å². The number of anilines is 1. The summed E-state index contributed by atoms with van der Waals surface area (Å²) in [5.74, 6) is -2.19. The summed E-state index contributed by atoms with van der Waals surface area (Å²) in [7, 11) is 0. The van der Waals surface area contributed by atoms with Gasteiger partial charge in [-0.05, 0) is 78.6 Å². The van der Waals surface area contributed by atoms with E-state index in [0.29, 0.717) is 5.69 Å². The van der Waals surface area contributed by atoms with Crippen molar-refractivity contribution in [2.45, 2.75) is 18.8 Å². The average molecular weight is 498 g/mol. The van der Waals surface area contributed by atoms with Gasteiger partial charge in [-0.25, -0.2) is 9.18 Å². The molecule has 2 bridgehead atoms. The molecule has 0 N–H and O–H groups in total. The monoisotopic (exact) mass is 497 g/mol. The summed E-state index contributed by atoms with van der Waals surface area (Å²) in [4.78, 5) is 53.1. The van der Waals surface area contributed by atoms with Gasteiger partial charge in [-0.3, -0.25) is 19.3 Å². The number of hydrogen-bond acceptors (Lipinski definition) is 5. The van der Waals surface area contributed by atoms with E-state index in [1.54, 1.807) is 12.1 Å². The van der Waals surface area contributed by atoms with Crippen molar-refractivity contribution in [1.29, 1.82) is 0 Å². The maximum absolute atomic E-state index is 13.6. The SMILES string of the molecule is O=C(COC(=O)c1cccc(N2C(=O)[C@@H]3[C@H]4C[C@H]([C@H]3C2=O)[C@H](c2ccccc2)C4)c1)c1ccc(F)cc1. The van der Waals surface area contributed by atoms with Crippen LogP contribution in [-0.4, -0.2) is 30.2 Å². The Balaban J connectivity index is 1.18. The Morgan fingerprint density at radius 3 is 2.32 bits per heavy atom. The van der Waals surface area contributed by atoms with Crippen LogP contribution in [0.5, 0.6) is 0 Å². The van der Waals surface area contributed by atoms with Gasteiger partial charge in [0.1, 0.15) is 5.82 Å². The zero-order valence-corrected chi connectivity index (χ0v) is 19.9. The van der Waals surface area contributed by atoms with Crippen LogP contribution in [0.1, 0.15) is 45.0 Å². The fraction of sp³-hybridized carbons (Fsp3) is 0.267. The number of carbonyl (C=O) groups excluding carboxylic acids is 4. The predicted octanol–water partition coefficient (Wildman–Crippen LogP) is 4.79. The normalized spacial score (nSPS) is 25.9. The number of rotatable bonds is 6. The molecule has 3 aliphatic rings. The third-order valence-electron chi connectivity index (χ3n) is 8.08. The summed E-state index contributed by atoms with van der Waals surface area (Å²) in [6.45, 7) is -0.509. The quantitative estimate of drug-likeness (QED) is 0.278. The number of hydrogen-bond donors (Lipinski definition) is 0. The van der Waals surface area contributed by atoms with E-state index in [2.05, 4.69) is 12.1 Å². The van der Waals surface area contributed by atoms with E-state index >= 15 is 0 Å². The minimum atomic E-state index is -0.749. The molecule has 3 fully saturated rings. The van der Waals surface area contributed by atoms with Crippen molar-refractivity contribution < 1.29 is 28.3 Å². The summed E-state index contributed by atoms with van der Waals surface area (Å²) < 4.78 is 18.2. The summed E-state index contributed by atoms with van der Waals surface area (Å²) >= 11 is 0. The van der Waals surface area contributed by atoms with E-state index < -0.39 is 24.2 Å². The Morgan fingerprint density at radius 2 is 1.57 bits per heavy atom. The standard InChI is InChI=1S/C30H24FNO5/c31-21-11-9-18(10-12-21)25(33)16-37-30(36)19-7-4-8-22(13-19)32-28(34)26-20-14-23(17-5-2-1-3-6-17)24(15-20)27(26)29(32)35/h1-13,20,23-24,26-27H,14-16H2/t20-,23+,24+,26-,27-/m1/s1. The molecular weight excluding hydrogens is 473 g/mol. The lowest BCUT2D eigenvalue weighted by Gasteiger charge is -2.28. The molecule has 7 heteroatoms. The van der Waals surface area contributed by atoms with Crippen molar-refractivity contribution >= 4 is 29.3 Å². The predicted molar refractivity (Wildman–Crippen MR) is 132 cm³/mol. The van der Waals surface area contributed by atoms with Gasteiger partial charge in [0.05, 0.1) is 23.1 Å². The molecule has 2 saturated carbocycles. The summed E-state index contributed by atoms with van der Waals surface area (Å²) in [6, 6.07) is 21.3. The topological polar surface area (TPSA) is 80.8 Å². The molecule has 1 aliphatic heterocycles. The van der Waals surface area contributed by atoms with Gasteiger partial charge in [0.25, 0.3) is 0 Å². The molecule has 6 nitrogen and oxygen atoms in total. The number of ether oxygens (including phenoxy) is 1. The fourth-order valence-corrected chi connectivity index (χ4v) is 6.50. The van der Waals surface area contributed by atoms with E-state index in [-0.39, 0.29) is 52.5 Å². The van der Waals surface area contributed by atoms with Crippen molar-refractivity contribution in [2.24, 2.45) is 23.7 Å². The molecule has 0 radical (unpaired) electrons. The molecule has 1 saturated heterocycles. The van der Waals surface area contributed by atoms with Gasteiger partial charge < -0.3 is 4.74 Å². The number of halogens is 1. The highest BCUT2D eigenvalue weighted by molar-refractivity contribution is 6.23. The Labute approximate surface area is 213 Å². The number of fused-ring (bicyclic) bond motifs is 5. The number of imide groups is 1. The molecule has 0 unspecified atom stereocenters. The number of ketones is 1. The molecule has 5 atom stereocenters. The number of amides is 2. The number of nitrogens with zero attached hydrogens (tertiary/aromatic N) is 1. The van der Waals surface area contributed by atoms with E-state index in [0.717, 1.165) is 25.0 Å². The van der Waals surface area contributed by atoms with Crippen molar-refractivity contribution in [1.82, 2.24) is 0 Å². The fourth-order valence-electron chi connectivity index (χ4n) is 6.50. The Kier molecular flexibility index (Phi) is 5.71. The van der Waals surface area contributed by atoms with E-state index in [4.69, 9.17) is 4.74 Å². The van der Waals surface area contributed by atoms with Crippen LogP contribution in [0.2, 0.25) is 0 Å². The highest BCUT2D eigenvalue weighted by Crippen LogP contribution is 2.61. The zero-order valence-electron chi connectivity index (χ0n) is 19.9. The van der Waals surface area contributed by atoms with Crippen molar-refractivity contribution in [3.05, 3.63) is 101 Å². The van der Waals surface area contributed by atoms with Crippen LogP contribution in [0.4, 0.5) is 10.1 Å². The molecule has 37 heavy (non-hydrogen) atoms. The van der Waals surface area contributed by atoms with Crippen molar-refractivity contribution in [2.75, 3.05) is 11.5 Å². The van der Waals surface area contributed by atoms with Crippen molar-refractivity contribution in [3.63, 3.8) is 0 Å². The summed E-state index contributed by atoms with van der Waals surface area (Å²) in [5, 5.41) is 0. The van der Waals surface area contributed by atoms with Gasteiger partial charge in [-0.15, -0.1) is 0 Å². The lowest BCUT2D eigenvalue weighted by Crippen LogP contribution is -2.33. The third-order valence-corrected chi connectivity index (χ3v) is 8.08. The van der Waals surface area contributed by atoms with Gasteiger partial charge in [0.2, 0.25) is 11.8 Å². The van der Waals surface area contributed by atoms with Crippen LogP contribution in [0, 0.1) is 29.5 Å². The van der Waals surface area contributed by atoms with Gasteiger partial charge in [-0.1, -0.05) is 36.4 Å². The van der Waals surface area contributed by atoms with Gasteiger partial charge in [-0.2, -0.15) is 0 Å².